The molecule has 0 saturated heterocycles. The first kappa shape index (κ1) is 25.1. The lowest BCUT2D eigenvalue weighted by Gasteiger charge is -2.43. The molecule has 3 aromatic rings. The molecule has 8 nitrogen and oxygen atoms in total. The third-order valence-electron chi connectivity index (χ3n) is 7.48. The van der Waals surface area contributed by atoms with Crippen molar-refractivity contribution in [2.45, 2.75) is 33.2 Å². The van der Waals surface area contributed by atoms with E-state index in [1.54, 1.807) is 18.2 Å². The van der Waals surface area contributed by atoms with Crippen molar-refractivity contribution in [3.8, 4) is 11.5 Å². The minimum absolute atomic E-state index is 0.302. The van der Waals surface area contributed by atoms with Gasteiger partial charge in [0.1, 0.15) is 17.0 Å². The summed E-state index contributed by atoms with van der Waals surface area (Å²) in [6.45, 7) is 11.5. The monoisotopic (exact) mass is 520 g/mol. The first-order chi connectivity index (χ1) is 17.7. The molecule has 2 heterocycles. The van der Waals surface area contributed by atoms with Crippen molar-refractivity contribution in [2.75, 3.05) is 36.0 Å². The van der Waals surface area contributed by atoms with Crippen LogP contribution in [-0.4, -0.2) is 44.8 Å². The quantitative estimate of drug-likeness (QED) is 0.495. The maximum atomic E-state index is 13.7. The van der Waals surface area contributed by atoms with E-state index in [4.69, 9.17) is 9.88 Å². The Labute approximate surface area is 218 Å². The van der Waals surface area contributed by atoms with Gasteiger partial charge in [0.05, 0.1) is 0 Å². The summed E-state index contributed by atoms with van der Waals surface area (Å²) in [7, 11) is -4.48. The van der Waals surface area contributed by atoms with Gasteiger partial charge in [-0.1, -0.05) is 30.3 Å². The Morgan fingerprint density at radius 1 is 0.784 bits per heavy atom. The van der Waals surface area contributed by atoms with E-state index in [2.05, 4.69) is 37.5 Å². The topological polar surface area (TPSA) is 96.2 Å². The SMILES string of the molecule is CCN(CC)c1ccc2c(c1)Oc1cc(N(CC)CC)ccc1C21c2ccccc2C(=O)N1S(N)(=O)=O. The minimum Gasteiger partial charge on any atom is -0.456 e. The van der Waals surface area contributed by atoms with Crippen LogP contribution in [-0.2, 0) is 15.7 Å². The van der Waals surface area contributed by atoms with Gasteiger partial charge in [-0.2, -0.15) is 8.42 Å². The number of hydrogen-bond donors (Lipinski definition) is 1. The summed E-state index contributed by atoms with van der Waals surface area (Å²) in [5, 5.41) is 5.79. The van der Waals surface area contributed by atoms with Crippen LogP contribution in [0.15, 0.2) is 60.7 Å². The molecule has 0 aliphatic carbocycles. The molecule has 5 rings (SSSR count). The lowest BCUT2D eigenvalue weighted by molar-refractivity contribution is 0.0825. The van der Waals surface area contributed by atoms with Gasteiger partial charge in [0.15, 0.2) is 0 Å². The average molecular weight is 521 g/mol. The number of rotatable bonds is 7. The van der Waals surface area contributed by atoms with E-state index in [1.807, 2.05) is 42.5 Å². The molecular formula is C28H32N4O4S. The van der Waals surface area contributed by atoms with E-state index >= 15 is 0 Å². The zero-order chi connectivity index (χ0) is 26.5. The molecule has 1 spiro atoms. The second-order valence-corrected chi connectivity index (χ2v) is 10.6. The Kier molecular flexibility index (Phi) is 6.16. The number of nitrogens with zero attached hydrogens (tertiary/aromatic N) is 3. The average Bonchev–Trinajstić information content (AvgIpc) is 3.15. The molecule has 0 atom stereocenters. The molecule has 1 amide bonds. The summed E-state index contributed by atoms with van der Waals surface area (Å²) in [6.07, 6.45) is 0. The van der Waals surface area contributed by atoms with Crippen molar-refractivity contribution in [3.05, 3.63) is 82.9 Å². The highest BCUT2D eigenvalue weighted by atomic mass is 32.2. The van der Waals surface area contributed by atoms with E-state index < -0.39 is 21.7 Å². The number of benzene rings is 3. The van der Waals surface area contributed by atoms with Crippen LogP contribution in [0.2, 0.25) is 0 Å². The minimum atomic E-state index is -4.48. The van der Waals surface area contributed by atoms with E-state index in [9.17, 15) is 13.2 Å². The van der Waals surface area contributed by atoms with Gasteiger partial charge in [-0.3, -0.25) is 4.79 Å². The van der Waals surface area contributed by atoms with Crippen molar-refractivity contribution in [3.63, 3.8) is 0 Å². The lowest BCUT2D eigenvalue weighted by atomic mass is 9.75. The largest absolute Gasteiger partial charge is 0.456 e. The highest BCUT2D eigenvalue weighted by Crippen LogP contribution is 2.58. The van der Waals surface area contributed by atoms with E-state index in [0.717, 1.165) is 41.9 Å². The van der Waals surface area contributed by atoms with E-state index in [0.29, 0.717) is 33.8 Å². The first-order valence-corrected chi connectivity index (χ1v) is 14.2. The van der Waals surface area contributed by atoms with Gasteiger partial charge in [0, 0.05) is 71.9 Å². The zero-order valence-corrected chi connectivity index (χ0v) is 22.4. The van der Waals surface area contributed by atoms with Gasteiger partial charge < -0.3 is 14.5 Å². The summed E-state index contributed by atoms with van der Waals surface area (Å²) in [5.74, 6) is 0.330. The normalized spacial score (nSPS) is 15.2. The number of ether oxygens (including phenoxy) is 1. The maximum absolute atomic E-state index is 13.7. The summed E-state index contributed by atoms with van der Waals surface area (Å²) in [4.78, 5) is 18.0. The molecule has 0 fully saturated rings. The Morgan fingerprint density at radius 2 is 1.27 bits per heavy atom. The van der Waals surface area contributed by atoms with Gasteiger partial charge in [0.2, 0.25) is 0 Å². The predicted molar refractivity (Wildman–Crippen MR) is 146 cm³/mol. The number of nitrogens with two attached hydrogens (primary N) is 1. The van der Waals surface area contributed by atoms with Crippen LogP contribution >= 0.6 is 0 Å². The molecular weight excluding hydrogens is 488 g/mol. The number of hydrogen-bond acceptors (Lipinski definition) is 6. The lowest BCUT2D eigenvalue weighted by Crippen LogP contribution is -2.52. The molecule has 9 heteroatoms. The molecule has 0 radical (unpaired) electrons. The molecule has 2 aliphatic rings. The molecule has 2 aliphatic heterocycles. The fraction of sp³-hybridized carbons (Fsp3) is 0.321. The molecule has 0 bridgehead atoms. The van der Waals surface area contributed by atoms with Crippen LogP contribution in [0.5, 0.6) is 11.5 Å². The van der Waals surface area contributed by atoms with Gasteiger partial charge in [-0.25, -0.2) is 9.44 Å². The van der Waals surface area contributed by atoms with Crippen LogP contribution < -0.4 is 19.7 Å². The van der Waals surface area contributed by atoms with Gasteiger partial charge >= 0.3 is 10.2 Å². The van der Waals surface area contributed by atoms with Crippen LogP contribution in [0, 0.1) is 0 Å². The first-order valence-electron chi connectivity index (χ1n) is 12.7. The van der Waals surface area contributed by atoms with Gasteiger partial charge in [-0.05, 0) is 45.9 Å². The molecule has 37 heavy (non-hydrogen) atoms. The second-order valence-electron chi connectivity index (χ2n) is 9.18. The Balaban J connectivity index is 1.88. The fourth-order valence-corrected chi connectivity index (χ4v) is 6.80. The van der Waals surface area contributed by atoms with E-state index in [1.165, 1.54) is 0 Å². The summed E-state index contributed by atoms with van der Waals surface area (Å²) in [5.41, 5.74) is 2.37. The Morgan fingerprint density at radius 3 is 1.73 bits per heavy atom. The standard InChI is InChI=1S/C28H32N4O4S/c1-5-30(6-2)19-13-15-23-25(17-19)36-26-18-20(31(7-3)8-4)14-16-24(26)28(23)22-12-10-9-11-21(22)27(33)32(28)37(29,34)35/h9-18H,5-8H2,1-4H3,(H2,29,34,35). The summed E-state index contributed by atoms with van der Waals surface area (Å²) >= 11 is 0. The molecule has 194 valence electrons. The third kappa shape index (κ3) is 3.59. The van der Waals surface area contributed by atoms with Gasteiger partial charge in [-0.15, -0.1) is 0 Å². The van der Waals surface area contributed by atoms with Crippen molar-refractivity contribution in [2.24, 2.45) is 5.14 Å². The van der Waals surface area contributed by atoms with E-state index in [-0.39, 0.29) is 0 Å². The number of anilines is 2. The highest BCUT2D eigenvalue weighted by molar-refractivity contribution is 7.87. The summed E-state index contributed by atoms with van der Waals surface area (Å²) in [6, 6.07) is 18.4. The van der Waals surface area contributed by atoms with Crippen LogP contribution in [0.4, 0.5) is 11.4 Å². The molecule has 0 unspecified atom stereocenters. The van der Waals surface area contributed by atoms with Crippen LogP contribution in [0.3, 0.4) is 0 Å². The number of carbonyl (C=O) groups is 1. The van der Waals surface area contributed by atoms with Gasteiger partial charge in [0.25, 0.3) is 5.91 Å². The Hall–Kier alpha value is -3.56. The smallest absolute Gasteiger partial charge is 0.302 e. The molecule has 0 saturated carbocycles. The number of fused-ring (bicyclic) bond motifs is 6. The fourth-order valence-electron chi connectivity index (χ4n) is 5.79. The van der Waals surface area contributed by atoms with Crippen LogP contribution in [0.25, 0.3) is 0 Å². The Bertz CT molecular complexity index is 1420. The van der Waals surface area contributed by atoms with Crippen molar-refractivity contribution in [1.29, 1.82) is 0 Å². The molecule has 2 N–H and O–H groups in total. The third-order valence-corrected chi connectivity index (χ3v) is 8.43. The predicted octanol–water partition coefficient (Wildman–Crippen LogP) is 4.44. The van der Waals surface area contributed by atoms with Crippen molar-refractivity contribution in [1.82, 2.24) is 4.31 Å². The second kappa shape index (κ2) is 9.08. The number of carbonyl (C=O) groups excluding carboxylic acids is 1. The van der Waals surface area contributed by atoms with Crippen molar-refractivity contribution >= 4 is 27.5 Å². The molecule has 3 aromatic carbocycles. The zero-order valence-electron chi connectivity index (χ0n) is 21.6. The maximum Gasteiger partial charge on any atom is 0.302 e. The molecule has 0 aromatic heterocycles. The number of amides is 1. The summed E-state index contributed by atoms with van der Waals surface area (Å²) < 4.78 is 33.7. The van der Waals surface area contributed by atoms with Crippen molar-refractivity contribution < 1.29 is 17.9 Å². The highest BCUT2D eigenvalue weighted by Gasteiger charge is 2.60. The van der Waals surface area contributed by atoms with Crippen LogP contribution in [0.1, 0.15) is 54.7 Å².